The predicted molar refractivity (Wildman–Crippen MR) is 92.6 cm³/mol. The van der Waals surface area contributed by atoms with Gasteiger partial charge in [-0.3, -0.25) is 9.59 Å². The Morgan fingerprint density at radius 1 is 1.24 bits per heavy atom. The number of carbonyl (C=O) groups excluding carboxylic acids is 1. The van der Waals surface area contributed by atoms with Crippen LogP contribution >= 0.6 is 0 Å². The maximum atomic E-state index is 12.7. The number of piperidine rings is 1. The number of hydrogen-bond donors (Lipinski definition) is 1. The third kappa shape index (κ3) is 3.26. The van der Waals surface area contributed by atoms with E-state index in [1.165, 1.54) is 0 Å². The van der Waals surface area contributed by atoms with Gasteiger partial charge in [-0.1, -0.05) is 25.1 Å². The lowest BCUT2D eigenvalue weighted by atomic mass is 10.00. The van der Waals surface area contributed by atoms with Crippen molar-refractivity contribution in [3.05, 3.63) is 40.3 Å². The normalized spacial score (nSPS) is 17.6. The Morgan fingerprint density at radius 2 is 1.96 bits per heavy atom. The number of benzene rings is 1. The lowest BCUT2D eigenvalue weighted by molar-refractivity contribution is -0.135. The molecule has 1 amide bonds. The summed E-state index contributed by atoms with van der Waals surface area (Å²) in [6, 6.07) is 6.61. The number of carboxylic acid groups (broad SMARTS) is 1. The molecule has 0 radical (unpaired) electrons. The van der Waals surface area contributed by atoms with Crippen molar-refractivity contribution in [3.63, 3.8) is 0 Å². The fraction of sp³-hybridized carbons (Fsp3) is 0.444. The molecule has 25 heavy (non-hydrogen) atoms. The minimum absolute atomic E-state index is 0.177. The van der Waals surface area contributed by atoms with E-state index in [1.807, 2.05) is 6.92 Å². The van der Waals surface area contributed by atoms with Gasteiger partial charge >= 0.3 is 5.97 Å². The maximum absolute atomic E-state index is 12.7. The van der Waals surface area contributed by atoms with E-state index >= 15 is 0 Å². The zero-order valence-corrected chi connectivity index (χ0v) is 14.1. The smallest absolute Gasteiger partial charge is 0.357 e. The topological polar surface area (TPSA) is 92.5 Å². The SMILES string of the molecule is CC[C@@H]1CCCCN1C(=O)Cn1nc(C(=O)O)c2ccccc2c1=O. The van der Waals surface area contributed by atoms with Crippen molar-refractivity contribution in [1.82, 2.24) is 14.7 Å². The van der Waals surface area contributed by atoms with Crippen molar-refractivity contribution in [1.29, 1.82) is 0 Å². The van der Waals surface area contributed by atoms with E-state index in [1.54, 1.807) is 29.2 Å². The molecule has 3 rings (SSSR count). The fourth-order valence-corrected chi connectivity index (χ4v) is 3.47. The standard InChI is InChI=1S/C18H21N3O4/c1-2-12-7-5-6-10-20(12)15(22)11-21-17(23)14-9-4-3-8-13(14)16(19-21)18(24)25/h3-4,8-9,12H,2,5-7,10-11H2,1H3,(H,24,25)/t12-/m1/s1. The molecule has 1 fully saturated rings. The van der Waals surface area contributed by atoms with E-state index < -0.39 is 11.5 Å². The zero-order valence-electron chi connectivity index (χ0n) is 14.1. The fourth-order valence-electron chi connectivity index (χ4n) is 3.47. The van der Waals surface area contributed by atoms with Crippen molar-refractivity contribution in [2.75, 3.05) is 6.54 Å². The molecule has 0 spiro atoms. The average Bonchev–Trinajstić information content (AvgIpc) is 2.63. The molecule has 1 aliphatic rings. The summed E-state index contributed by atoms with van der Waals surface area (Å²) in [6.45, 7) is 2.48. The summed E-state index contributed by atoms with van der Waals surface area (Å²) in [5.41, 5.74) is -0.660. The molecule has 1 aromatic carbocycles. The molecule has 0 aliphatic carbocycles. The number of carbonyl (C=O) groups is 2. The first-order chi connectivity index (χ1) is 12.0. The first kappa shape index (κ1) is 17.1. The van der Waals surface area contributed by atoms with Crippen LogP contribution < -0.4 is 5.56 Å². The Labute approximate surface area is 144 Å². The summed E-state index contributed by atoms with van der Waals surface area (Å²) >= 11 is 0. The van der Waals surface area contributed by atoms with Crippen LogP contribution in [0.3, 0.4) is 0 Å². The molecule has 0 bridgehead atoms. The van der Waals surface area contributed by atoms with Crippen LogP contribution in [0.2, 0.25) is 0 Å². The summed E-state index contributed by atoms with van der Waals surface area (Å²) in [6.07, 6.45) is 3.87. The van der Waals surface area contributed by atoms with E-state index in [9.17, 15) is 19.5 Å². The molecule has 1 atom stereocenters. The molecular formula is C18H21N3O4. The quantitative estimate of drug-likeness (QED) is 0.915. The Bertz CT molecular complexity index is 874. The van der Waals surface area contributed by atoms with Gasteiger partial charge in [0, 0.05) is 18.0 Å². The van der Waals surface area contributed by atoms with Crippen LogP contribution in [0.5, 0.6) is 0 Å². The summed E-state index contributed by atoms with van der Waals surface area (Å²) in [5, 5.41) is 13.9. The van der Waals surface area contributed by atoms with E-state index in [2.05, 4.69) is 5.10 Å². The molecule has 1 saturated heterocycles. The minimum Gasteiger partial charge on any atom is -0.476 e. The highest BCUT2D eigenvalue weighted by Gasteiger charge is 2.26. The van der Waals surface area contributed by atoms with Crippen LogP contribution in [0.25, 0.3) is 10.8 Å². The predicted octanol–water partition coefficient (Wildman–Crippen LogP) is 1.89. The third-order valence-electron chi connectivity index (χ3n) is 4.77. The average molecular weight is 343 g/mol. The van der Waals surface area contributed by atoms with Crippen LogP contribution in [-0.4, -0.2) is 44.3 Å². The van der Waals surface area contributed by atoms with Crippen LogP contribution in [-0.2, 0) is 11.3 Å². The summed E-state index contributed by atoms with van der Waals surface area (Å²) in [5.74, 6) is -1.41. The molecule has 0 saturated carbocycles. The minimum atomic E-state index is -1.22. The highest BCUT2D eigenvalue weighted by Crippen LogP contribution is 2.20. The maximum Gasteiger partial charge on any atom is 0.357 e. The lowest BCUT2D eigenvalue weighted by Gasteiger charge is -2.35. The Hall–Kier alpha value is -2.70. The molecule has 1 aromatic heterocycles. The Morgan fingerprint density at radius 3 is 2.64 bits per heavy atom. The van der Waals surface area contributed by atoms with E-state index in [-0.39, 0.29) is 35.0 Å². The number of aromatic nitrogens is 2. The number of aromatic carboxylic acids is 1. The van der Waals surface area contributed by atoms with Gasteiger partial charge < -0.3 is 10.0 Å². The van der Waals surface area contributed by atoms with Crippen LogP contribution in [0, 0.1) is 0 Å². The van der Waals surface area contributed by atoms with Crippen molar-refractivity contribution < 1.29 is 14.7 Å². The molecule has 132 valence electrons. The van der Waals surface area contributed by atoms with E-state index in [0.29, 0.717) is 6.54 Å². The summed E-state index contributed by atoms with van der Waals surface area (Å²) in [7, 11) is 0. The number of likely N-dealkylation sites (tertiary alicyclic amines) is 1. The highest BCUT2D eigenvalue weighted by atomic mass is 16.4. The number of amides is 1. The molecular weight excluding hydrogens is 322 g/mol. The number of fused-ring (bicyclic) bond motifs is 1. The summed E-state index contributed by atoms with van der Waals surface area (Å²) in [4.78, 5) is 38.6. The molecule has 7 nitrogen and oxygen atoms in total. The van der Waals surface area contributed by atoms with Gasteiger partial charge in [0.15, 0.2) is 5.69 Å². The third-order valence-corrected chi connectivity index (χ3v) is 4.77. The van der Waals surface area contributed by atoms with Crippen molar-refractivity contribution in [2.24, 2.45) is 0 Å². The first-order valence-electron chi connectivity index (χ1n) is 8.55. The van der Waals surface area contributed by atoms with Gasteiger partial charge in [0.2, 0.25) is 5.91 Å². The second-order valence-electron chi connectivity index (χ2n) is 6.31. The number of rotatable bonds is 4. The molecule has 1 N–H and O–H groups in total. The van der Waals surface area contributed by atoms with Gasteiger partial charge in [0.1, 0.15) is 6.54 Å². The molecule has 7 heteroatoms. The second kappa shape index (κ2) is 7.04. The monoisotopic (exact) mass is 343 g/mol. The second-order valence-corrected chi connectivity index (χ2v) is 6.31. The molecule has 2 aromatic rings. The van der Waals surface area contributed by atoms with Crippen molar-refractivity contribution >= 4 is 22.6 Å². The van der Waals surface area contributed by atoms with Crippen molar-refractivity contribution in [3.8, 4) is 0 Å². The highest BCUT2D eigenvalue weighted by molar-refractivity contribution is 6.01. The molecule has 0 unspecified atom stereocenters. The van der Waals surface area contributed by atoms with Gasteiger partial charge in [0.05, 0.1) is 5.39 Å². The van der Waals surface area contributed by atoms with E-state index in [0.717, 1.165) is 30.4 Å². The van der Waals surface area contributed by atoms with Gasteiger partial charge in [-0.25, -0.2) is 9.48 Å². The number of nitrogens with zero attached hydrogens (tertiary/aromatic N) is 3. The number of hydrogen-bond acceptors (Lipinski definition) is 4. The zero-order chi connectivity index (χ0) is 18.0. The van der Waals surface area contributed by atoms with Crippen LogP contribution in [0.1, 0.15) is 43.1 Å². The van der Waals surface area contributed by atoms with Gasteiger partial charge in [0.25, 0.3) is 5.56 Å². The Kier molecular flexibility index (Phi) is 4.83. The van der Waals surface area contributed by atoms with Gasteiger partial charge in [-0.15, -0.1) is 0 Å². The van der Waals surface area contributed by atoms with Crippen LogP contribution in [0.4, 0.5) is 0 Å². The lowest BCUT2D eigenvalue weighted by Crippen LogP contribution is -2.46. The largest absolute Gasteiger partial charge is 0.476 e. The molecule has 2 heterocycles. The van der Waals surface area contributed by atoms with E-state index in [4.69, 9.17) is 0 Å². The number of carboxylic acids is 1. The molecule has 1 aliphatic heterocycles. The van der Waals surface area contributed by atoms with Crippen molar-refractivity contribution in [2.45, 2.75) is 45.2 Å². The van der Waals surface area contributed by atoms with Gasteiger partial charge in [-0.05, 0) is 31.7 Å². The van der Waals surface area contributed by atoms with Gasteiger partial charge in [-0.2, -0.15) is 5.10 Å². The van der Waals surface area contributed by atoms with Crippen LogP contribution in [0.15, 0.2) is 29.1 Å². The summed E-state index contributed by atoms with van der Waals surface area (Å²) < 4.78 is 0.982. The first-order valence-corrected chi connectivity index (χ1v) is 8.55. The Balaban J connectivity index is 1.98.